The summed E-state index contributed by atoms with van der Waals surface area (Å²) in [7, 11) is 1.64. The number of hydrogen-bond donors (Lipinski definition) is 0. The van der Waals surface area contributed by atoms with Crippen molar-refractivity contribution in [2.45, 2.75) is 6.61 Å². The Hall–Kier alpha value is -3.26. The van der Waals surface area contributed by atoms with Crippen LogP contribution in [0.15, 0.2) is 48.5 Å². The first kappa shape index (κ1) is 17.2. The van der Waals surface area contributed by atoms with Crippen LogP contribution in [0.25, 0.3) is 17.1 Å². The molecule has 0 atom stereocenters. The number of rotatable bonds is 6. The molecule has 0 radical (unpaired) electrons. The van der Waals surface area contributed by atoms with E-state index in [2.05, 4.69) is 15.3 Å². The number of benzene rings is 2. The highest BCUT2D eigenvalue weighted by molar-refractivity contribution is 7.17. The highest BCUT2D eigenvalue weighted by Crippen LogP contribution is 2.22. The van der Waals surface area contributed by atoms with Crippen molar-refractivity contribution in [1.82, 2.24) is 19.8 Å². The van der Waals surface area contributed by atoms with Crippen LogP contribution >= 0.6 is 11.3 Å². The van der Waals surface area contributed by atoms with Gasteiger partial charge in [0.05, 0.1) is 7.11 Å². The quantitative estimate of drug-likeness (QED) is 0.503. The minimum atomic E-state index is -0.307. The van der Waals surface area contributed by atoms with Gasteiger partial charge in [-0.2, -0.15) is 9.61 Å². The van der Waals surface area contributed by atoms with Crippen LogP contribution in [0.3, 0.4) is 0 Å². The molecule has 8 heteroatoms. The number of methoxy groups -OCH3 is 1. The largest absolute Gasteiger partial charge is 0.496 e. The molecule has 0 bridgehead atoms. The lowest BCUT2D eigenvalue weighted by atomic mass is 10.2. The molecule has 27 heavy (non-hydrogen) atoms. The average molecular weight is 382 g/mol. The summed E-state index contributed by atoms with van der Waals surface area (Å²) in [4.78, 5) is 0.674. The van der Waals surface area contributed by atoms with Crippen molar-refractivity contribution in [3.63, 3.8) is 0 Å². The van der Waals surface area contributed by atoms with Gasteiger partial charge in [0.1, 0.15) is 28.9 Å². The first-order valence-electron chi connectivity index (χ1n) is 8.13. The van der Waals surface area contributed by atoms with Gasteiger partial charge in [-0.1, -0.05) is 29.5 Å². The third-order valence-electron chi connectivity index (χ3n) is 3.80. The number of fused-ring (bicyclic) bond motifs is 1. The lowest BCUT2D eigenvalue weighted by Gasteiger charge is -2.03. The van der Waals surface area contributed by atoms with Gasteiger partial charge in [0.2, 0.25) is 4.96 Å². The Bertz CT molecular complexity index is 1090. The normalized spacial score (nSPS) is 11.3. The molecule has 4 aromatic rings. The highest BCUT2D eigenvalue weighted by atomic mass is 32.1. The molecule has 0 saturated carbocycles. The Balaban J connectivity index is 1.51. The lowest BCUT2D eigenvalue weighted by Crippen LogP contribution is -2.02. The SMILES string of the molecule is COc1ccccc1/C=C/c1nn2c(COc3ccc(F)cc3)nnc2s1. The maximum atomic E-state index is 12.9. The van der Waals surface area contributed by atoms with Crippen molar-refractivity contribution in [2.24, 2.45) is 0 Å². The van der Waals surface area contributed by atoms with Crippen molar-refractivity contribution >= 4 is 28.4 Å². The molecule has 2 heterocycles. The fraction of sp³-hybridized carbons (Fsp3) is 0.105. The summed E-state index contributed by atoms with van der Waals surface area (Å²) in [5.41, 5.74) is 0.964. The van der Waals surface area contributed by atoms with Crippen molar-refractivity contribution in [3.8, 4) is 11.5 Å². The van der Waals surface area contributed by atoms with Crippen molar-refractivity contribution < 1.29 is 13.9 Å². The number of aromatic nitrogens is 4. The molecule has 6 nitrogen and oxygen atoms in total. The molecular formula is C19H15FN4O2S. The van der Waals surface area contributed by atoms with Gasteiger partial charge in [-0.05, 0) is 42.5 Å². The molecule has 2 aromatic carbocycles. The van der Waals surface area contributed by atoms with E-state index in [9.17, 15) is 4.39 Å². The van der Waals surface area contributed by atoms with Gasteiger partial charge in [0.25, 0.3) is 0 Å². The van der Waals surface area contributed by atoms with Crippen LogP contribution < -0.4 is 9.47 Å². The molecule has 0 fully saturated rings. The highest BCUT2D eigenvalue weighted by Gasteiger charge is 2.11. The van der Waals surface area contributed by atoms with Gasteiger partial charge in [-0.15, -0.1) is 10.2 Å². The van der Waals surface area contributed by atoms with Crippen molar-refractivity contribution in [1.29, 1.82) is 0 Å². The van der Waals surface area contributed by atoms with Gasteiger partial charge in [-0.3, -0.25) is 0 Å². The van der Waals surface area contributed by atoms with Gasteiger partial charge in [-0.25, -0.2) is 4.39 Å². The van der Waals surface area contributed by atoms with E-state index < -0.39 is 0 Å². The number of hydrogen-bond acceptors (Lipinski definition) is 6. The average Bonchev–Trinajstić information content (AvgIpc) is 3.27. The first-order chi connectivity index (χ1) is 13.2. The maximum absolute atomic E-state index is 12.9. The Morgan fingerprint density at radius 1 is 1.07 bits per heavy atom. The van der Waals surface area contributed by atoms with Crippen LogP contribution in [0.5, 0.6) is 11.5 Å². The number of ether oxygens (including phenoxy) is 2. The zero-order valence-electron chi connectivity index (χ0n) is 14.4. The van der Waals surface area contributed by atoms with E-state index in [4.69, 9.17) is 9.47 Å². The number of nitrogens with zero attached hydrogens (tertiary/aromatic N) is 4. The lowest BCUT2D eigenvalue weighted by molar-refractivity contribution is 0.292. The summed E-state index contributed by atoms with van der Waals surface area (Å²) in [5, 5.41) is 13.5. The molecule has 0 aliphatic carbocycles. The van der Waals surface area contributed by atoms with Crippen LogP contribution in [0.4, 0.5) is 4.39 Å². The molecule has 0 saturated heterocycles. The second-order valence-corrected chi connectivity index (χ2v) is 6.56. The molecule has 4 rings (SSSR count). The van der Waals surface area contributed by atoms with Crippen LogP contribution in [0.1, 0.15) is 16.4 Å². The summed E-state index contributed by atoms with van der Waals surface area (Å²) >= 11 is 1.42. The Kier molecular flexibility index (Phi) is 4.80. The third-order valence-corrected chi connectivity index (χ3v) is 4.66. The molecule has 136 valence electrons. The van der Waals surface area contributed by atoms with E-state index in [0.29, 0.717) is 16.5 Å². The third kappa shape index (κ3) is 3.80. The first-order valence-corrected chi connectivity index (χ1v) is 8.95. The van der Waals surface area contributed by atoms with Gasteiger partial charge in [0, 0.05) is 5.56 Å². The van der Waals surface area contributed by atoms with E-state index >= 15 is 0 Å². The molecule has 0 aliphatic heterocycles. The van der Waals surface area contributed by atoms with Gasteiger partial charge >= 0.3 is 0 Å². The number of halogens is 1. The standard InChI is InChI=1S/C19H15FN4O2S/c1-25-16-5-3-2-4-13(16)6-11-18-23-24-17(21-22-19(24)27-18)12-26-15-9-7-14(20)8-10-15/h2-11H,12H2,1H3/b11-6+. The van der Waals surface area contributed by atoms with E-state index in [0.717, 1.165) is 16.3 Å². The smallest absolute Gasteiger partial charge is 0.235 e. The maximum Gasteiger partial charge on any atom is 0.235 e. The second kappa shape index (κ2) is 7.55. The molecule has 0 N–H and O–H groups in total. The molecular weight excluding hydrogens is 367 g/mol. The van der Waals surface area contributed by atoms with Gasteiger partial charge < -0.3 is 9.47 Å². The van der Waals surface area contributed by atoms with Crippen LogP contribution in [0.2, 0.25) is 0 Å². The number of para-hydroxylation sites is 1. The second-order valence-electron chi connectivity index (χ2n) is 5.57. The fourth-order valence-corrected chi connectivity index (χ4v) is 3.23. The Morgan fingerprint density at radius 3 is 2.70 bits per heavy atom. The van der Waals surface area contributed by atoms with Crippen LogP contribution in [0, 0.1) is 5.82 Å². The molecule has 0 aliphatic rings. The van der Waals surface area contributed by atoms with E-state index in [1.165, 1.54) is 23.5 Å². The summed E-state index contributed by atoms with van der Waals surface area (Å²) in [6, 6.07) is 13.6. The fourth-order valence-electron chi connectivity index (χ4n) is 2.47. The summed E-state index contributed by atoms with van der Waals surface area (Å²) in [6.07, 6.45) is 3.85. The topological polar surface area (TPSA) is 61.5 Å². The molecule has 2 aromatic heterocycles. The van der Waals surface area contributed by atoms with E-state index in [-0.39, 0.29) is 12.4 Å². The monoisotopic (exact) mass is 382 g/mol. The molecule has 0 spiro atoms. The Labute approximate surface area is 158 Å². The minimum absolute atomic E-state index is 0.187. The zero-order chi connectivity index (χ0) is 18.6. The Morgan fingerprint density at radius 2 is 1.89 bits per heavy atom. The van der Waals surface area contributed by atoms with Crippen LogP contribution in [-0.2, 0) is 6.61 Å². The summed E-state index contributed by atoms with van der Waals surface area (Å²) in [5.74, 6) is 1.62. The summed E-state index contributed by atoms with van der Waals surface area (Å²) in [6.45, 7) is 0.187. The van der Waals surface area contributed by atoms with Crippen molar-refractivity contribution in [2.75, 3.05) is 7.11 Å². The van der Waals surface area contributed by atoms with Gasteiger partial charge in [0.15, 0.2) is 5.82 Å². The van der Waals surface area contributed by atoms with E-state index in [1.54, 1.807) is 23.8 Å². The van der Waals surface area contributed by atoms with Crippen LogP contribution in [-0.4, -0.2) is 26.9 Å². The van der Waals surface area contributed by atoms with Crippen molar-refractivity contribution in [3.05, 3.63) is 70.7 Å². The predicted molar refractivity (Wildman–Crippen MR) is 101 cm³/mol. The predicted octanol–water partition coefficient (Wildman–Crippen LogP) is 4.08. The molecule has 0 unspecified atom stereocenters. The minimum Gasteiger partial charge on any atom is -0.496 e. The zero-order valence-corrected chi connectivity index (χ0v) is 15.2. The summed E-state index contributed by atoms with van der Waals surface area (Å²) < 4.78 is 25.6. The molecule has 0 amide bonds. The van der Waals surface area contributed by atoms with E-state index in [1.807, 2.05) is 36.4 Å².